The zero-order valence-electron chi connectivity index (χ0n) is 9.15. The van der Waals surface area contributed by atoms with Crippen LogP contribution in [0.2, 0.25) is 0 Å². The van der Waals surface area contributed by atoms with Gasteiger partial charge < -0.3 is 10.0 Å². The van der Waals surface area contributed by atoms with Crippen molar-refractivity contribution in [2.24, 2.45) is 0 Å². The molecule has 6 heteroatoms. The molecule has 1 aromatic rings. The van der Waals surface area contributed by atoms with Crippen molar-refractivity contribution in [2.45, 2.75) is 19.9 Å². The molecule has 1 N–H and O–H groups in total. The van der Waals surface area contributed by atoms with Gasteiger partial charge >= 0.3 is 5.97 Å². The van der Waals surface area contributed by atoms with Gasteiger partial charge in [0.05, 0.1) is 0 Å². The Labute approximate surface area is 111 Å². The van der Waals surface area contributed by atoms with Crippen LogP contribution in [0.15, 0.2) is 5.38 Å². The van der Waals surface area contributed by atoms with Gasteiger partial charge in [0.25, 0.3) is 5.91 Å². The van der Waals surface area contributed by atoms with Crippen molar-refractivity contribution in [3.8, 4) is 0 Å². The topological polar surface area (TPSA) is 57.6 Å². The largest absolute Gasteiger partial charge is 0.480 e. The molecule has 0 bridgehead atoms. The molecule has 0 radical (unpaired) electrons. The number of carboxylic acids is 1. The Hall–Kier alpha value is -0.630. The quantitative estimate of drug-likeness (QED) is 0.848. The van der Waals surface area contributed by atoms with Gasteiger partial charge in [0.1, 0.15) is 10.9 Å². The summed E-state index contributed by atoms with van der Waals surface area (Å²) in [6.07, 6.45) is 0. The van der Waals surface area contributed by atoms with E-state index in [-0.39, 0.29) is 5.91 Å². The Balaban J connectivity index is 2.95. The summed E-state index contributed by atoms with van der Waals surface area (Å²) in [7, 11) is 1.51. The molecule has 1 amide bonds. The first-order valence-corrected chi connectivity index (χ1v) is 6.55. The molecule has 0 fully saturated rings. The van der Waals surface area contributed by atoms with E-state index in [4.69, 9.17) is 5.11 Å². The number of hydrogen-bond acceptors (Lipinski definition) is 3. The summed E-state index contributed by atoms with van der Waals surface area (Å²) in [5.74, 6) is -1.24. The maximum absolute atomic E-state index is 12.0. The Morgan fingerprint density at radius 1 is 1.56 bits per heavy atom. The van der Waals surface area contributed by atoms with Crippen molar-refractivity contribution in [3.05, 3.63) is 19.4 Å². The van der Waals surface area contributed by atoms with Crippen LogP contribution in [0.4, 0.5) is 0 Å². The SMILES string of the molecule is Cc1csc(C(=O)N(C)C(C)C(=O)O)c1I. The monoisotopic (exact) mass is 353 g/mol. The summed E-state index contributed by atoms with van der Waals surface area (Å²) in [5, 5.41) is 10.7. The van der Waals surface area contributed by atoms with Crippen LogP contribution in [-0.4, -0.2) is 35.0 Å². The number of aliphatic carboxylic acids is 1. The lowest BCUT2D eigenvalue weighted by molar-refractivity contribution is -0.141. The highest BCUT2D eigenvalue weighted by atomic mass is 127. The number of halogens is 1. The molecule has 1 aromatic heterocycles. The van der Waals surface area contributed by atoms with Crippen molar-refractivity contribution in [1.29, 1.82) is 0 Å². The highest BCUT2D eigenvalue weighted by Crippen LogP contribution is 2.25. The van der Waals surface area contributed by atoms with Crippen LogP contribution >= 0.6 is 33.9 Å². The fraction of sp³-hybridized carbons (Fsp3) is 0.400. The fourth-order valence-electron chi connectivity index (χ4n) is 1.08. The molecule has 0 aromatic carbocycles. The van der Waals surface area contributed by atoms with E-state index < -0.39 is 12.0 Å². The van der Waals surface area contributed by atoms with Crippen molar-refractivity contribution in [2.75, 3.05) is 7.05 Å². The smallest absolute Gasteiger partial charge is 0.326 e. The van der Waals surface area contributed by atoms with Gasteiger partial charge in [-0.25, -0.2) is 4.79 Å². The maximum Gasteiger partial charge on any atom is 0.326 e. The number of rotatable bonds is 3. The minimum Gasteiger partial charge on any atom is -0.480 e. The predicted molar refractivity (Wildman–Crippen MR) is 71.0 cm³/mol. The van der Waals surface area contributed by atoms with E-state index in [0.29, 0.717) is 4.88 Å². The van der Waals surface area contributed by atoms with Crippen LogP contribution in [0.1, 0.15) is 22.2 Å². The van der Waals surface area contributed by atoms with Crippen LogP contribution in [0, 0.1) is 10.5 Å². The number of hydrogen-bond donors (Lipinski definition) is 1. The maximum atomic E-state index is 12.0. The number of nitrogens with zero attached hydrogens (tertiary/aromatic N) is 1. The van der Waals surface area contributed by atoms with Gasteiger partial charge in [-0.05, 0) is 47.4 Å². The highest BCUT2D eigenvalue weighted by Gasteiger charge is 2.25. The summed E-state index contributed by atoms with van der Waals surface area (Å²) in [6.45, 7) is 3.42. The van der Waals surface area contributed by atoms with Crippen molar-refractivity contribution >= 4 is 45.8 Å². The van der Waals surface area contributed by atoms with E-state index in [0.717, 1.165) is 9.13 Å². The van der Waals surface area contributed by atoms with Crippen LogP contribution in [0.3, 0.4) is 0 Å². The fourth-order valence-corrected chi connectivity index (χ4v) is 2.98. The lowest BCUT2D eigenvalue weighted by Crippen LogP contribution is -2.40. The van der Waals surface area contributed by atoms with E-state index in [1.54, 1.807) is 0 Å². The second kappa shape index (κ2) is 5.13. The number of carboxylic acid groups (broad SMARTS) is 1. The molecule has 1 rings (SSSR count). The Morgan fingerprint density at radius 3 is 2.50 bits per heavy atom. The zero-order valence-corrected chi connectivity index (χ0v) is 12.1. The Kier molecular flexibility index (Phi) is 4.31. The lowest BCUT2D eigenvalue weighted by Gasteiger charge is -2.20. The third-order valence-electron chi connectivity index (χ3n) is 2.35. The predicted octanol–water partition coefficient (Wildman–Crippen LogP) is 2.21. The highest BCUT2D eigenvalue weighted by molar-refractivity contribution is 14.1. The van der Waals surface area contributed by atoms with Gasteiger partial charge in [-0.2, -0.15) is 0 Å². The van der Waals surface area contributed by atoms with Crippen LogP contribution in [0.5, 0.6) is 0 Å². The van der Waals surface area contributed by atoms with Gasteiger partial charge in [0, 0.05) is 10.6 Å². The first-order chi connectivity index (χ1) is 7.36. The molecular weight excluding hydrogens is 341 g/mol. The second-order valence-corrected chi connectivity index (χ2v) is 5.45. The van der Waals surface area contributed by atoms with E-state index in [1.165, 1.54) is 30.2 Å². The average molecular weight is 353 g/mol. The minimum atomic E-state index is -1.00. The summed E-state index contributed by atoms with van der Waals surface area (Å²) in [4.78, 5) is 24.6. The molecule has 0 saturated heterocycles. The molecule has 16 heavy (non-hydrogen) atoms. The molecule has 4 nitrogen and oxygen atoms in total. The average Bonchev–Trinajstić information content (AvgIpc) is 2.56. The van der Waals surface area contributed by atoms with Crippen molar-refractivity contribution in [3.63, 3.8) is 0 Å². The zero-order chi connectivity index (χ0) is 12.5. The number of likely N-dealkylation sites (N-methyl/N-ethyl adjacent to an activating group) is 1. The molecule has 0 aliphatic rings. The van der Waals surface area contributed by atoms with E-state index in [9.17, 15) is 9.59 Å². The number of amides is 1. The number of carbonyl (C=O) groups excluding carboxylic acids is 1. The lowest BCUT2D eigenvalue weighted by atomic mass is 10.2. The molecule has 1 unspecified atom stereocenters. The first-order valence-electron chi connectivity index (χ1n) is 4.59. The van der Waals surface area contributed by atoms with Crippen molar-refractivity contribution in [1.82, 2.24) is 4.90 Å². The standard InChI is InChI=1S/C10H12INO3S/c1-5-4-16-8(7(5)11)9(13)12(3)6(2)10(14)15/h4,6H,1-3H3,(H,14,15). The summed E-state index contributed by atoms with van der Waals surface area (Å²) >= 11 is 3.46. The number of aryl methyl sites for hydroxylation is 1. The molecule has 88 valence electrons. The second-order valence-electron chi connectivity index (χ2n) is 3.49. The third-order valence-corrected chi connectivity index (χ3v) is 5.19. The Morgan fingerprint density at radius 2 is 2.12 bits per heavy atom. The van der Waals surface area contributed by atoms with Crippen molar-refractivity contribution < 1.29 is 14.7 Å². The Bertz CT molecular complexity index is 430. The van der Waals surface area contributed by atoms with Gasteiger partial charge in [0.15, 0.2) is 0 Å². The molecular formula is C10H12INO3S. The summed E-state index contributed by atoms with van der Waals surface area (Å²) in [6, 6.07) is -0.814. The van der Waals surface area contributed by atoms with Crippen LogP contribution < -0.4 is 0 Å². The molecule has 1 atom stereocenters. The van der Waals surface area contributed by atoms with E-state index >= 15 is 0 Å². The van der Waals surface area contributed by atoms with E-state index in [1.807, 2.05) is 12.3 Å². The third kappa shape index (κ3) is 2.54. The van der Waals surface area contributed by atoms with Gasteiger partial charge in [-0.3, -0.25) is 4.79 Å². The van der Waals surface area contributed by atoms with Gasteiger partial charge in [-0.1, -0.05) is 0 Å². The first kappa shape index (κ1) is 13.4. The molecule has 0 aliphatic heterocycles. The summed E-state index contributed by atoms with van der Waals surface area (Å²) < 4.78 is 0.900. The summed E-state index contributed by atoms with van der Waals surface area (Å²) in [5.41, 5.74) is 1.05. The van der Waals surface area contributed by atoms with E-state index in [2.05, 4.69) is 22.6 Å². The van der Waals surface area contributed by atoms with Crippen LogP contribution in [0.25, 0.3) is 0 Å². The normalized spacial score (nSPS) is 12.2. The molecule has 1 heterocycles. The van der Waals surface area contributed by atoms with Gasteiger partial charge in [-0.15, -0.1) is 11.3 Å². The molecule has 0 aliphatic carbocycles. The van der Waals surface area contributed by atoms with Gasteiger partial charge in [0.2, 0.25) is 0 Å². The van der Waals surface area contributed by atoms with Crippen LogP contribution in [-0.2, 0) is 4.79 Å². The molecule has 0 spiro atoms. The number of thiophene rings is 1. The number of carbonyl (C=O) groups is 2. The minimum absolute atomic E-state index is 0.239. The molecule has 0 saturated carbocycles.